The van der Waals surface area contributed by atoms with Crippen LogP contribution in [0.3, 0.4) is 0 Å². The van der Waals surface area contributed by atoms with Crippen molar-refractivity contribution in [2.45, 2.75) is 105 Å². The van der Waals surface area contributed by atoms with Gasteiger partial charge in [-0.1, -0.05) is 27.7 Å². The molecule has 8 N–H and O–H groups in total. The van der Waals surface area contributed by atoms with Crippen LogP contribution in [0.4, 0.5) is 0 Å². The predicted molar refractivity (Wildman–Crippen MR) is 289 cm³/mol. The molecule has 4 aliphatic heterocycles. The van der Waals surface area contributed by atoms with Gasteiger partial charge in [-0.05, 0) is 52.0 Å². The van der Waals surface area contributed by atoms with Gasteiger partial charge in [-0.25, -0.2) is 0 Å². The summed E-state index contributed by atoms with van der Waals surface area (Å²) in [5.41, 5.74) is -1.90. The molecule has 0 saturated carbocycles. The molecule has 1 aliphatic carbocycles. The summed E-state index contributed by atoms with van der Waals surface area (Å²) in [5.74, 6) is -5.37. The number of aliphatic hydroxyl groups is 8. The Balaban J connectivity index is 1.38. The zero-order valence-electron chi connectivity index (χ0n) is 48.0. The fraction of sp³-hybridized carbons (Fsp3) is 0.533. The Bertz CT molecular complexity index is 2660. The van der Waals surface area contributed by atoms with Crippen LogP contribution in [0.1, 0.15) is 146 Å². The van der Waals surface area contributed by atoms with Crippen molar-refractivity contribution in [2.24, 2.45) is 21.7 Å². The van der Waals surface area contributed by atoms with E-state index in [0.717, 1.165) is 0 Å². The minimum atomic E-state index is -1.71. The molecule has 4 aromatic rings. The molecule has 9 rings (SSSR count). The first-order valence-electron chi connectivity index (χ1n) is 27.4. The van der Waals surface area contributed by atoms with Crippen molar-refractivity contribution >= 4 is 23.9 Å². The summed E-state index contributed by atoms with van der Waals surface area (Å²) in [7, 11) is 0. The van der Waals surface area contributed by atoms with Gasteiger partial charge in [-0.3, -0.25) is 19.2 Å². The highest BCUT2D eigenvalue weighted by Crippen LogP contribution is 2.57. The maximum Gasteiger partial charge on any atom is 0.316 e. The SMILES string of the molecule is CC1c2cc3c4c(COC(=O)C(C)(CO)CO)c2OCOc2c1cc1c(c2COC(=O)C(C)(CO)CO)OCOc2c(cc5c(c2COC(=O)C(C)(CO)CO)OCOc2c(cc(c(c2COC(=O)C(C)(CO)CO)OCO4)C3C)C5C)C1C. The second-order valence-electron chi connectivity index (χ2n) is 23.1. The number of benzene rings is 4. The molecule has 0 aromatic heterocycles. The number of carbonyl (C=O) groups excluding carboxylic acids is 4. The van der Waals surface area contributed by atoms with E-state index in [9.17, 15) is 60.0 Å². The van der Waals surface area contributed by atoms with Crippen LogP contribution < -0.4 is 37.9 Å². The monoisotopic (exact) mass is 1180 g/mol. The zero-order chi connectivity index (χ0) is 60.8. The van der Waals surface area contributed by atoms with Gasteiger partial charge >= 0.3 is 23.9 Å². The normalized spacial score (nSPS) is 18.4. The molecule has 0 saturated heterocycles. The maximum absolute atomic E-state index is 13.8. The van der Waals surface area contributed by atoms with Crippen LogP contribution in [0.15, 0.2) is 24.3 Å². The summed E-state index contributed by atoms with van der Waals surface area (Å²) in [6.07, 6.45) is 0. The molecule has 4 aromatic carbocycles. The standard InChI is InChI=1S/C60H72O24/c1-29-33-9-35-30(2)37-11-39-32(4)40-12-38-31(3)36-10-34(29)46-42(14-74-54(70)58(6,19-63)20-64)48(36)80-27-82-50(38)44(16-76-56(72)60(8,23-67)24-68)52(40)84-28-83-51(39)43(15-75-55(71)59(7,21-65)22-66)49(37)81-26-79-47(35)41(45(33)77-25-78-46)13-73-53(69)57(5,17-61)18-62/h9-12,29-32,61-68H,13-28H2,1-8H3. The Kier molecular flexibility index (Phi) is 17.6. The van der Waals surface area contributed by atoms with Crippen LogP contribution in [0, 0.1) is 21.7 Å². The van der Waals surface area contributed by atoms with E-state index in [1.54, 1.807) is 0 Å². The second kappa shape index (κ2) is 24.1. The first-order chi connectivity index (χ1) is 40.1. The molecule has 5 aliphatic rings. The number of carbonyl (C=O) groups is 4. The van der Waals surface area contributed by atoms with E-state index in [0.29, 0.717) is 44.5 Å². The Labute approximate surface area is 483 Å². The lowest BCUT2D eigenvalue weighted by molar-refractivity contribution is -0.162. The summed E-state index contributed by atoms with van der Waals surface area (Å²) in [4.78, 5) is 55.1. The van der Waals surface area contributed by atoms with E-state index in [1.165, 1.54) is 27.7 Å². The largest absolute Gasteiger partial charge is 0.460 e. The topological polar surface area (TPSA) is 341 Å². The van der Waals surface area contributed by atoms with E-state index >= 15 is 0 Å². The van der Waals surface area contributed by atoms with E-state index < -0.39 is 176 Å². The van der Waals surface area contributed by atoms with Gasteiger partial charge in [0.15, 0.2) is 0 Å². The molecule has 0 atom stereocenters. The van der Waals surface area contributed by atoms with E-state index in [-0.39, 0.29) is 68.2 Å². The van der Waals surface area contributed by atoms with Crippen LogP contribution in [0.5, 0.6) is 46.0 Å². The molecule has 0 unspecified atom stereocenters. The van der Waals surface area contributed by atoms with Gasteiger partial charge in [0, 0.05) is 68.2 Å². The van der Waals surface area contributed by atoms with Gasteiger partial charge < -0.3 is 97.7 Å². The van der Waals surface area contributed by atoms with Crippen molar-refractivity contribution < 1.29 is 117 Å². The van der Waals surface area contributed by atoms with Crippen LogP contribution in [-0.4, -0.2) is 145 Å². The van der Waals surface area contributed by atoms with Crippen molar-refractivity contribution in [2.75, 3.05) is 80.0 Å². The third-order valence-electron chi connectivity index (χ3n) is 17.0. The highest BCUT2D eigenvalue weighted by molar-refractivity contribution is 5.79. The second-order valence-corrected chi connectivity index (χ2v) is 23.1. The smallest absolute Gasteiger partial charge is 0.316 e. The number of esters is 4. The molecule has 0 spiro atoms. The highest BCUT2D eigenvalue weighted by atomic mass is 16.7. The van der Waals surface area contributed by atoms with Crippen LogP contribution in [0.2, 0.25) is 0 Å². The van der Waals surface area contributed by atoms with Gasteiger partial charge in [-0.15, -0.1) is 0 Å². The summed E-state index contributed by atoms with van der Waals surface area (Å²) in [6.45, 7) is 2.72. The Morgan fingerprint density at radius 1 is 0.333 bits per heavy atom. The first kappa shape index (κ1) is 61.4. The fourth-order valence-electron chi connectivity index (χ4n) is 10.7. The molecule has 0 radical (unpaired) electrons. The minimum absolute atomic E-state index is 0.173. The molecule has 0 amide bonds. The lowest BCUT2D eigenvalue weighted by Gasteiger charge is -2.36. The average Bonchev–Trinajstić information content (AvgIpc) is 0.798. The molecular weight excluding hydrogens is 1100 g/mol. The van der Waals surface area contributed by atoms with Crippen LogP contribution in [0.25, 0.3) is 0 Å². The molecule has 456 valence electrons. The lowest BCUT2D eigenvalue weighted by atomic mass is 9.78. The molecule has 24 nitrogen and oxygen atoms in total. The fourth-order valence-corrected chi connectivity index (χ4v) is 10.7. The quantitative estimate of drug-likeness (QED) is 0.0462. The zero-order valence-corrected chi connectivity index (χ0v) is 48.0. The maximum atomic E-state index is 13.8. The van der Waals surface area contributed by atoms with Gasteiger partial charge in [0.2, 0.25) is 27.2 Å². The average molecular weight is 1180 g/mol. The molecule has 4 heterocycles. The number of hydrogen-bond acceptors (Lipinski definition) is 24. The first-order valence-corrected chi connectivity index (χ1v) is 27.4. The van der Waals surface area contributed by atoms with Crippen molar-refractivity contribution in [3.63, 3.8) is 0 Å². The molecule has 8 bridgehead atoms. The predicted octanol–water partition coefficient (Wildman–Crippen LogP) is 3.66. The van der Waals surface area contributed by atoms with Gasteiger partial charge in [-0.2, -0.15) is 0 Å². The Morgan fingerprint density at radius 3 is 0.607 bits per heavy atom. The number of hydrogen-bond donors (Lipinski definition) is 8. The van der Waals surface area contributed by atoms with Gasteiger partial charge in [0.1, 0.15) is 94.1 Å². The van der Waals surface area contributed by atoms with E-state index in [2.05, 4.69) is 0 Å². The lowest BCUT2D eigenvalue weighted by Crippen LogP contribution is -2.37. The molecule has 84 heavy (non-hydrogen) atoms. The highest BCUT2D eigenvalue weighted by Gasteiger charge is 2.43. The van der Waals surface area contributed by atoms with Crippen LogP contribution >= 0.6 is 0 Å². The van der Waals surface area contributed by atoms with Gasteiger partial charge in [0.25, 0.3) is 0 Å². The third-order valence-corrected chi connectivity index (χ3v) is 17.0. The number of aliphatic hydroxyl groups excluding tert-OH is 8. The summed E-state index contributed by atoms with van der Waals surface area (Å²) in [6, 6.07) is 7.53. The summed E-state index contributed by atoms with van der Waals surface area (Å²) < 4.78 is 76.3. The Hall–Kier alpha value is -7.16. The molecule has 24 heteroatoms. The van der Waals surface area contributed by atoms with E-state index in [1.807, 2.05) is 52.0 Å². The molecular formula is C60H72O24. The van der Waals surface area contributed by atoms with Crippen molar-refractivity contribution in [3.05, 3.63) is 91.0 Å². The van der Waals surface area contributed by atoms with Crippen LogP contribution in [-0.2, 0) is 64.6 Å². The third kappa shape index (κ3) is 10.5. The van der Waals surface area contributed by atoms with Gasteiger partial charge in [0.05, 0.1) is 75.1 Å². The van der Waals surface area contributed by atoms with E-state index in [4.69, 9.17) is 56.8 Å². The van der Waals surface area contributed by atoms with Crippen molar-refractivity contribution in [1.82, 2.24) is 0 Å². The summed E-state index contributed by atoms with van der Waals surface area (Å²) in [5, 5.41) is 81.9. The minimum Gasteiger partial charge on any atom is -0.460 e. The van der Waals surface area contributed by atoms with Crippen molar-refractivity contribution in [3.8, 4) is 46.0 Å². The Morgan fingerprint density at radius 2 is 0.476 bits per heavy atom. The molecule has 0 fully saturated rings. The number of rotatable bonds is 20. The summed E-state index contributed by atoms with van der Waals surface area (Å²) >= 11 is 0. The van der Waals surface area contributed by atoms with Crippen molar-refractivity contribution in [1.29, 1.82) is 0 Å². The number of ether oxygens (including phenoxy) is 12.